The van der Waals surface area contributed by atoms with Gasteiger partial charge in [-0.1, -0.05) is 18.2 Å². The minimum Gasteiger partial charge on any atom is -0.371 e. The van der Waals surface area contributed by atoms with Gasteiger partial charge in [-0.3, -0.25) is 4.90 Å². The second-order valence-electron chi connectivity index (χ2n) is 5.72. The maximum absolute atomic E-state index is 10.7. The molecule has 1 aliphatic heterocycles. The molecule has 2 rings (SSSR count). The molecule has 4 heteroatoms. The third-order valence-corrected chi connectivity index (χ3v) is 4.11. The number of para-hydroxylation sites is 1. The Bertz CT molecular complexity index is 456. The van der Waals surface area contributed by atoms with Gasteiger partial charge in [-0.15, -0.1) is 0 Å². The Hall–Kier alpha value is -1.13. The molecule has 1 atom stereocenters. The van der Waals surface area contributed by atoms with Gasteiger partial charge in [-0.05, 0) is 45.1 Å². The van der Waals surface area contributed by atoms with Crippen molar-refractivity contribution in [2.45, 2.75) is 38.5 Å². The van der Waals surface area contributed by atoms with E-state index in [4.69, 9.17) is 12.2 Å². The van der Waals surface area contributed by atoms with Crippen LogP contribution in [0, 0.1) is 0 Å². The Morgan fingerprint density at radius 1 is 1.17 bits per heavy atom. The molecule has 0 saturated carbocycles. The fraction of sp³-hybridized carbons (Fsp3) is 0.500. The van der Waals surface area contributed by atoms with E-state index in [0.29, 0.717) is 11.5 Å². The largest absolute Gasteiger partial charge is 0.371 e. The number of benzene rings is 1. The van der Waals surface area contributed by atoms with Crippen LogP contribution >= 0.6 is 12.2 Å². The minimum absolute atomic E-state index is 0.147. The lowest BCUT2D eigenvalue weighted by atomic mass is 9.88. The summed E-state index contributed by atoms with van der Waals surface area (Å²) in [4.78, 5) is 3.88. The van der Waals surface area contributed by atoms with Crippen LogP contribution in [0.5, 0.6) is 0 Å². The van der Waals surface area contributed by atoms with Gasteiger partial charge in [0.2, 0.25) is 0 Å². The number of nitrogens with zero attached hydrogens (tertiary/aromatic N) is 2. The van der Waals surface area contributed by atoms with Gasteiger partial charge in [-0.2, -0.15) is 0 Å². The molecule has 0 radical (unpaired) electrons. The SMILES string of the molecule is CN1C(=S)N(c2ccccc2)[C@@](C)(O)CC1(C)C. The maximum atomic E-state index is 10.7. The van der Waals surface area contributed by atoms with Gasteiger partial charge in [0.05, 0.1) is 0 Å². The van der Waals surface area contributed by atoms with Crippen LogP contribution in [0.1, 0.15) is 27.2 Å². The minimum atomic E-state index is -0.964. The lowest BCUT2D eigenvalue weighted by molar-refractivity contribution is -0.00133. The van der Waals surface area contributed by atoms with Gasteiger partial charge in [0.1, 0.15) is 5.72 Å². The Kier molecular flexibility index (Phi) is 3.11. The molecule has 0 spiro atoms. The summed E-state index contributed by atoms with van der Waals surface area (Å²) >= 11 is 5.52. The van der Waals surface area contributed by atoms with E-state index in [9.17, 15) is 5.11 Å². The number of thiocarbonyl (C=S) groups is 1. The molecule has 3 nitrogen and oxygen atoms in total. The summed E-state index contributed by atoms with van der Waals surface area (Å²) in [6.45, 7) is 6.01. The van der Waals surface area contributed by atoms with E-state index in [-0.39, 0.29) is 5.54 Å². The molecule has 1 aromatic carbocycles. The molecule has 18 heavy (non-hydrogen) atoms. The normalized spacial score (nSPS) is 27.5. The summed E-state index contributed by atoms with van der Waals surface area (Å²) in [6, 6.07) is 9.79. The molecule has 98 valence electrons. The predicted octanol–water partition coefficient (Wildman–Crippen LogP) is 2.60. The summed E-state index contributed by atoms with van der Waals surface area (Å²) in [5.74, 6) is 0. The first kappa shape index (κ1) is 13.3. The summed E-state index contributed by atoms with van der Waals surface area (Å²) in [5.41, 5.74) is -0.185. The highest BCUT2D eigenvalue weighted by Crippen LogP contribution is 2.37. The first-order valence-corrected chi connectivity index (χ1v) is 6.52. The molecule has 0 amide bonds. The van der Waals surface area contributed by atoms with Crippen LogP contribution in [0.15, 0.2) is 30.3 Å². The molecule has 1 N–H and O–H groups in total. The van der Waals surface area contributed by atoms with E-state index in [1.54, 1.807) is 0 Å². The molecule has 1 saturated heterocycles. The fourth-order valence-electron chi connectivity index (χ4n) is 2.60. The Morgan fingerprint density at radius 3 is 2.28 bits per heavy atom. The average molecular weight is 264 g/mol. The van der Waals surface area contributed by atoms with E-state index in [0.717, 1.165) is 5.69 Å². The molecule has 0 aromatic heterocycles. The van der Waals surface area contributed by atoms with Crippen LogP contribution < -0.4 is 4.90 Å². The summed E-state index contributed by atoms with van der Waals surface area (Å²) in [7, 11) is 1.98. The van der Waals surface area contributed by atoms with E-state index >= 15 is 0 Å². The predicted molar refractivity (Wildman–Crippen MR) is 78.6 cm³/mol. The summed E-state index contributed by atoms with van der Waals surface area (Å²) < 4.78 is 0. The first-order valence-electron chi connectivity index (χ1n) is 6.11. The highest BCUT2D eigenvalue weighted by Gasteiger charge is 2.46. The zero-order chi connectivity index (χ0) is 13.6. The van der Waals surface area contributed by atoms with Gasteiger partial charge in [-0.25, -0.2) is 0 Å². The van der Waals surface area contributed by atoms with Gasteiger partial charge >= 0.3 is 0 Å². The standard InChI is InChI=1S/C14H20N2OS/c1-13(2)10-14(3,17)16(12(18)15(13)4)11-8-6-5-7-9-11/h5-9,17H,10H2,1-4H3/t14-/m0/s1. The van der Waals surface area contributed by atoms with Crippen LogP contribution in [0.25, 0.3) is 0 Å². The van der Waals surface area contributed by atoms with Crippen molar-refractivity contribution < 1.29 is 5.11 Å². The van der Waals surface area contributed by atoms with E-state index in [1.807, 2.05) is 54.1 Å². The molecular weight excluding hydrogens is 244 g/mol. The zero-order valence-corrected chi connectivity index (χ0v) is 12.2. The number of hydrogen-bond acceptors (Lipinski definition) is 2. The van der Waals surface area contributed by atoms with Crippen LogP contribution in [-0.2, 0) is 0 Å². The van der Waals surface area contributed by atoms with E-state index < -0.39 is 5.72 Å². The lowest BCUT2D eigenvalue weighted by Gasteiger charge is -2.54. The van der Waals surface area contributed by atoms with Crippen molar-refractivity contribution in [3.05, 3.63) is 30.3 Å². The Balaban J connectivity index is 2.44. The van der Waals surface area contributed by atoms with E-state index in [2.05, 4.69) is 13.8 Å². The van der Waals surface area contributed by atoms with Crippen molar-refractivity contribution in [1.29, 1.82) is 0 Å². The number of rotatable bonds is 1. The van der Waals surface area contributed by atoms with Crippen LogP contribution in [0.4, 0.5) is 5.69 Å². The van der Waals surface area contributed by atoms with Gasteiger partial charge < -0.3 is 10.0 Å². The van der Waals surface area contributed by atoms with Crippen LogP contribution in [-0.4, -0.2) is 33.4 Å². The third-order valence-electron chi connectivity index (χ3n) is 3.65. The topological polar surface area (TPSA) is 26.7 Å². The van der Waals surface area contributed by atoms with Crippen molar-refractivity contribution in [3.63, 3.8) is 0 Å². The molecule has 0 unspecified atom stereocenters. The van der Waals surface area contributed by atoms with Crippen LogP contribution in [0.2, 0.25) is 0 Å². The molecule has 1 aromatic rings. The summed E-state index contributed by atoms with van der Waals surface area (Å²) in [6.07, 6.45) is 0.630. The lowest BCUT2D eigenvalue weighted by Crippen LogP contribution is -2.67. The van der Waals surface area contributed by atoms with Gasteiger partial charge in [0, 0.05) is 24.7 Å². The van der Waals surface area contributed by atoms with Crippen molar-refractivity contribution >= 4 is 23.0 Å². The fourth-order valence-corrected chi connectivity index (χ4v) is 3.15. The smallest absolute Gasteiger partial charge is 0.178 e. The zero-order valence-electron chi connectivity index (χ0n) is 11.3. The average Bonchev–Trinajstić information content (AvgIpc) is 2.26. The second kappa shape index (κ2) is 4.21. The van der Waals surface area contributed by atoms with Gasteiger partial charge in [0.25, 0.3) is 0 Å². The molecule has 1 heterocycles. The highest BCUT2D eigenvalue weighted by atomic mass is 32.1. The monoisotopic (exact) mass is 264 g/mol. The van der Waals surface area contributed by atoms with E-state index in [1.165, 1.54) is 0 Å². The summed E-state index contributed by atoms with van der Waals surface area (Å²) in [5, 5.41) is 11.4. The van der Waals surface area contributed by atoms with Crippen molar-refractivity contribution in [3.8, 4) is 0 Å². The first-order chi connectivity index (χ1) is 8.26. The molecular formula is C14H20N2OS. The number of aliphatic hydroxyl groups is 1. The Morgan fingerprint density at radius 2 is 1.72 bits per heavy atom. The highest BCUT2D eigenvalue weighted by molar-refractivity contribution is 7.80. The second-order valence-corrected chi connectivity index (χ2v) is 6.08. The molecule has 0 bridgehead atoms. The number of hydrogen-bond donors (Lipinski definition) is 1. The quantitative estimate of drug-likeness (QED) is 0.789. The van der Waals surface area contributed by atoms with Crippen molar-refractivity contribution in [2.24, 2.45) is 0 Å². The number of anilines is 1. The molecule has 1 aliphatic rings. The molecule has 1 fully saturated rings. The van der Waals surface area contributed by atoms with Gasteiger partial charge in [0.15, 0.2) is 5.11 Å². The maximum Gasteiger partial charge on any atom is 0.178 e. The molecule has 0 aliphatic carbocycles. The third kappa shape index (κ3) is 2.10. The van der Waals surface area contributed by atoms with Crippen molar-refractivity contribution in [2.75, 3.05) is 11.9 Å². The van der Waals surface area contributed by atoms with Crippen LogP contribution in [0.3, 0.4) is 0 Å². The van der Waals surface area contributed by atoms with Crippen molar-refractivity contribution in [1.82, 2.24) is 4.90 Å². The Labute approximate surface area is 114 Å².